The van der Waals surface area contributed by atoms with E-state index in [1.165, 1.54) is 0 Å². The molecule has 33 heavy (non-hydrogen) atoms. The predicted octanol–water partition coefficient (Wildman–Crippen LogP) is 7.08. The Bertz CT molecular complexity index is 1190. The van der Waals surface area contributed by atoms with Gasteiger partial charge in [-0.2, -0.15) is 0 Å². The molecule has 4 rings (SSSR count). The highest BCUT2D eigenvalue weighted by molar-refractivity contribution is 14.1. The number of carbonyl (C=O) groups excluding carboxylic acids is 1. The lowest BCUT2D eigenvalue weighted by Crippen LogP contribution is -2.26. The molecule has 0 heterocycles. The molecule has 3 nitrogen and oxygen atoms in total. The molecule has 164 valence electrons. The molecule has 0 saturated carbocycles. The van der Waals surface area contributed by atoms with Gasteiger partial charge in [-0.1, -0.05) is 72.8 Å². The molecule has 0 saturated heterocycles. The maximum absolute atomic E-state index is 12.9. The van der Waals surface area contributed by atoms with Crippen LogP contribution >= 0.6 is 22.6 Å². The molecule has 4 aromatic carbocycles. The first kappa shape index (κ1) is 22.8. The normalized spacial score (nSPS) is 10.4. The second-order valence-corrected chi connectivity index (χ2v) is 8.66. The van der Waals surface area contributed by atoms with Crippen molar-refractivity contribution < 1.29 is 9.53 Å². The number of halogens is 1. The van der Waals surface area contributed by atoms with E-state index in [4.69, 9.17) is 4.74 Å². The summed E-state index contributed by atoms with van der Waals surface area (Å²) in [5.74, 6) is 0.668. The van der Waals surface area contributed by atoms with Gasteiger partial charge in [0.05, 0.1) is 5.69 Å². The average molecular weight is 545 g/mol. The summed E-state index contributed by atoms with van der Waals surface area (Å²) in [5.41, 5.74) is 4.93. The summed E-state index contributed by atoms with van der Waals surface area (Å²) < 4.78 is 7.01. The van der Waals surface area contributed by atoms with Crippen LogP contribution in [0.25, 0.3) is 5.57 Å². The SMILES string of the molecule is CN(C(=O)c1ccc(OCC=C(c2ccccc2)c2ccccc2)cc1)c1ccccc1I. The molecule has 4 heteroatoms. The van der Waals surface area contributed by atoms with E-state index in [0.29, 0.717) is 12.2 Å². The molecule has 0 radical (unpaired) electrons. The van der Waals surface area contributed by atoms with Crippen molar-refractivity contribution in [1.82, 2.24) is 0 Å². The van der Waals surface area contributed by atoms with Crippen molar-refractivity contribution >= 4 is 39.8 Å². The summed E-state index contributed by atoms with van der Waals surface area (Å²) >= 11 is 2.24. The number of anilines is 1. The topological polar surface area (TPSA) is 29.5 Å². The minimum Gasteiger partial charge on any atom is -0.490 e. The van der Waals surface area contributed by atoms with Crippen molar-refractivity contribution in [3.8, 4) is 5.75 Å². The summed E-state index contributed by atoms with van der Waals surface area (Å²) in [6, 6.07) is 35.7. The number of hydrogen-bond donors (Lipinski definition) is 0. The van der Waals surface area contributed by atoms with E-state index >= 15 is 0 Å². The predicted molar refractivity (Wildman–Crippen MR) is 144 cm³/mol. The van der Waals surface area contributed by atoms with E-state index in [1.807, 2.05) is 84.9 Å². The van der Waals surface area contributed by atoms with Crippen LogP contribution in [-0.4, -0.2) is 19.6 Å². The first-order valence-corrected chi connectivity index (χ1v) is 11.8. The fraction of sp³-hybridized carbons (Fsp3) is 0.0690. The lowest BCUT2D eigenvalue weighted by molar-refractivity contribution is 0.0993. The van der Waals surface area contributed by atoms with E-state index in [9.17, 15) is 4.79 Å². The van der Waals surface area contributed by atoms with Gasteiger partial charge in [0.1, 0.15) is 12.4 Å². The largest absolute Gasteiger partial charge is 0.490 e. The monoisotopic (exact) mass is 545 g/mol. The number of rotatable bonds is 7. The Morgan fingerprint density at radius 2 is 1.30 bits per heavy atom. The molecule has 0 aliphatic rings. The number of nitrogens with zero attached hydrogens (tertiary/aromatic N) is 1. The lowest BCUT2D eigenvalue weighted by Gasteiger charge is -2.19. The third kappa shape index (κ3) is 5.71. The van der Waals surface area contributed by atoms with Gasteiger partial charge < -0.3 is 9.64 Å². The van der Waals surface area contributed by atoms with Crippen LogP contribution in [0.4, 0.5) is 5.69 Å². The molecule has 0 atom stereocenters. The minimum atomic E-state index is -0.0546. The molecular formula is C29H24INO2. The standard InChI is InChI=1S/C29H24INO2/c1-31(28-15-9-8-14-27(28)30)29(32)24-16-18-25(19-17-24)33-21-20-26(22-10-4-2-5-11-22)23-12-6-3-7-13-23/h2-20H,21H2,1H3. The number of hydrogen-bond acceptors (Lipinski definition) is 2. The molecule has 1 amide bonds. The lowest BCUT2D eigenvalue weighted by atomic mass is 9.98. The van der Waals surface area contributed by atoms with E-state index in [-0.39, 0.29) is 5.91 Å². The highest BCUT2D eigenvalue weighted by atomic mass is 127. The molecule has 0 N–H and O–H groups in total. The first-order valence-electron chi connectivity index (χ1n) is 10.7. The van der Waals surface area contributed by atoms with Gasteiger partial charge in [-0.3, -0.25) is 4.79 Å². The number of ether oxygens (including phenoxy) is 1. The highest BCUT2D eigenvalue weighted by Gasteiger charge is 2.15. The average Bonchev–Trinajstić information content (AvgIpc) is 2.87. The summed E-state index contributed by atoms with van der Waals surface area (Å²) in [5, 5.41) is 0. The summed E-state index contributed by atoms with van der Waals surface area (Å²) in [7, 11) is 1.80. The highest BCUT2D eigenvalue weighted by Crippen LogP contribution is 2.25. The Labute approximate surface area is 208 Å². The zero-order valence-corrected chi connectivity index (χ0v) is 20.5. The minimum absolute atomic E-state index is 0.0546. The number of carbonyl (C=O) groups is 1. The van der Waals surface area contributed by atoms with Crippen molar-refractivity contribution in [2.24, 2.45) is 0 Å². The quantitative estimate of drug-likeness (QED) is 0.233. The van der Waals surface area contributed by atoms with Crippen LogP contribution in [0.3, 0.4) is 0 Å². The van der Waals surface area contributed by atoms with Crippen molar-refractivity contribution in [2.45, 2.75) is 0 Å². The number of amides is 1. The van der Waals surface area contributed by atoms with Gasteiger partial charge in [-0.25, -0.2) is 0 Å². The third-order valence-corrected chi connectivity index (χ3v) is 6.24. The molecule has 0 spiro atoms. The summed E-state index contributed by atoms with van der Waals surface area (Å²) in [4.78, 5) is 14.6. The molecule has 4 aromatic rings. The van der Waals surface area contributed by atoms with Crippen molar-refractivity contribution in [1.29, 1.82) is 0 Å². The van der Waals surface area contributed by atoms with E-state index in [0.717, 1.165) is 31.7 Å². The molecular weight excluding hydrogens is 521 g/mol. The van der Waals surface area contributed by atoms with Crippen molar-refractivity contribution in [3.05, 3.63) is 136 Å². The zero-order chi connectivity index (χ0) is 23.0. The smallest absolute Gasteiger partial charge is 0.258 e. The second kappa shape index (κ2) is 11.0. The molecule has 0 bridgehead atoms. The van der Waals surface area contributed by atoms with Gasteiger partial charge >= 0.3 is 0 Å². The summed E-state index contributed by atoms with van der Waals surface area (Å²) in [6.45, 7) is 0.425. The Morgan fingerprint density at radius 1 is 0.758 bits per heavy atom. The van der Waals surface area contributed by atoms with E-state index < -0.39 is 0 Å². The third-order valence-electron chi connectivity index (χ3n) is 5.33. The van der Waals surface area contributed by atoms with Gasteiger partial charge in [0.15, 0.2) is 0 Å². The van der Waals surface area contributed by atoms with Gasteiger partial charge in [0.25, 0.3) is 5.91 Å². The van der Waals surface area contributed by atoms with Crippen molar-refractivity contribution in [2.75, 3.05) is 18.6 Å². The Kier molecular flexibility index (Phi) is 7.58. The Hall–Kier alpha value is -3.38. The first-order chi connectivity index (χ1) is 16.1. The molecule has 0 fully saturated rings. The van der Waals surface area contributed by atoms with Gasteiger partial charge in [0.2, 0.25) is 0 Å². The van der Waals surface area contributed by atoms with E-state index in [2.05, 4.69) is 52.9 Å². The van der Waals surface area contributed by atoms with Crippen LogP contribution in [0.5, 0.6) is 5.75 Å². The summed E-state index contributed by atoms with van der Waals surface area (Å²) in [6.07, 6.45) is 2.09. The van der Waals surface area contributed by atoms with Crippen LogP contribution in [-0.2, 0) is 0 Å². The Balaban J connectivity index is 1.46. The van der Waals surface area contributed by atoms with Crippen molar-refractivity contribution in [3.63, 3.8) is 0 Å². The maximum Gasteiger partial charge on any atom is 0.258 e. The van der Waals surface area contributed by atoms with Crippen LogP contribution in [0.15, 0.2) is 115 Å². The number of benzene rings is 4. The van der Waals surface area contributed by atoms with Gasteiger partial charge in [-0.15, -0.1) is 0 Å². The molecule has 0 aliphatic carbocycles. The van der Waals surface area contributed by atoms with Crippen LogP contribution in [0.2, 0.25) is 0 Å². The Morgan fingerprint density at radius 3 is 1.88 bits per heavy atom. The fourth-order valence-electron chi connectivity index (χ4n) is 3.58. The molecule has 0 aliphatic heterocycles. The van der Waals surface area contributed by atoms with Crippen LogP contribution in [0, 0.1) is 3.57 Å². The van der Waals surface area contributed by atoms with Gasteiger partial charge in [-0.05, 0) is 81.8 Å². The van der Waals surface area contributed by atoms with E-state index in [1.54, 1.807) is 11.9 Å². The van der Waals surface area contributed by atoms with Crippen LogP contribution < -0.4 is 9.64 Å². The van der Waals surface area contributed by atoms with Gasteiger partial charge in [0, 0.05) is 16.2 Å². The molecule has 0 unspecified atom stereocenters. The number of para-hydroxylation sites is 1. The fourth-order valence-corrected chi connectivity index (χ4v) is 4.33. The maximum atomic E-state index is 12.9. The second-order valence-electron chi connectivity index (χ2n) is 7.50. The molecule has 0 aromatic heterocycles. The van der Waals surface area contributed by atoms with Crippen LogP contribution in [0.1, 0.15) is 21.5 Å². The zero-order valence-electron chi connectivity index (χ0n) is 18.3.